The third-order valence-electron chi connectivity index (χ3n) is 9.96. The van der Waals surface area contributed by atoms with Crippen molar-refractivity contribution >= 4 is 11.9 Å². The normalized spacial score (nSPS) is 17.0. The molecule has 0 amide bonds. The molecule has 2 heterocycles. The number of aliphatic hydroxyl groups excluding tert-OH is 2. The Morgan fingerprint density at radius 3 is 1.80 bits per heavy atom. The van der Waals surface area contributed by atoms with Gasteiger partial charge in [-0.3, -0.25) is 9.59 Å². The molecule has 2 aliphatic rings. The van der Waals surface area contributed by atoms with Crippen molar-refractivity contribution in [3.8, 4) is 34.6 Å². The van der Waals surface area contributed by atoms with E-state index in [1.807, 2.05) is 18.2 Å². The van der Waals surface area contributed by atoms with Crippen molar-refractivity contribution in [1.29, 1.82) is 0 Å². The molecule has 13 heteroatoms. The molecule has 0 saturated carbocycles. The lowest BCUT2D eigenvalue weighted by Gasteiger charge is -2.18. The predicted molar refractivity (Wildman–Crippen MR) is 198 cm³/mol. The molecule has 0 spiro atoms. The SMILES string of the molecule is COc1nc(O[C@H]2CCc3c(-c4cccc5c4CC[C@@H]5Oc4ccc(CNC[C@@H](O)CC(=O)O)c(OC)n4)cccc32)ccc1CCC[C@@H](O)CC(=O)O. The van der Waals surface area contributed by atoms with Gasteiger partial charge in [0.1, 0.15) is 12.2 Å². The molecule has 0 radical (unpaired) electrons. The molecule has 0 fully saturated rings. The van der Waals surface area contributed by atoms with Gasteiger partial charge in [0.15, 0.2) is 0 Å². The number of pyridine rings is 2. The standard InChI is InChI=1S/C41H47N3O10/c1-51-40-24(6-3-7-26(45)20-38(47)48)12-18-36(43-40)53-34-16-14-30-28(8-4-10-32(30)34)29-9-5-11-33-31(29)15-17-35(33)54-37-19-13-25(41(44-37)52-2)22-42-23-27(46)21-39(49)50/h4-5,8-13,18-19,26-27,34-35,42,45-46H,3,6-7,14-17,20-23H2,1-2H3,(H,47,48)(H,49,50)/t26-,27+,34+,35+/m1/s1. The van der Waals surface area contributed by atoms with Crippen LogP contribution in [0.5, 0.6) is 23.5 Å². The smallest absolute Gasteiger partial charge is 0.306 e. The summed E-state index contributed by atoms with van der Waals surface area (Å²) in [6, 6.07) is 20.1. The van der Waals surface area contributed by atoms with Gasteiger partial charge in [0.2, 0.25) is 23.5 Å². The van der Waals surface area contributed by atoms with Crippen LogP contribution in [0.15, 0.2) is 60.7 Å². The van der Waals surface area contributed by atoms with Crippen molar-refractivity contribution in [3.05, 3.63) is 94.0 Å². The molecule has 6 rings (SSSR count). The van der Waals surface area contributed by atoms with Gasteiger partial charge in [-0.2, -0.15) is 9.97 Å². The first-order valence-corrected chi connectivity index (χ1v) is 18.3. The van der Waals surface area contributed by atoms with E-state index in [-0.39, 0.29) is 31.6 Å². The van der Waals surface area contributed by atoms with E-state index < -0.39 is 24.1 Å². The molecule has 2 aromatic carbocycles. The predicted octanol–water partition coefficient (Wildman–Crippen LogP) is 5.38. The van der Waals surface area contributed by atoms with Gasteiger partial charge in [-0.25, -0.2) is 0 Å². The van der Waals surface area contributed by atoms with Crippen LogP contribution in [0.4, 0.5) is 0 Å². The van der Waals surface area contributed by atoms with Gasteiger partial charge < -0.3 is 44.7 Å². The van der Waals surface area contributed by atoms with Gasteiger partial charge in [-0.1, -0.05) is 36.4 Å². The molecule has 0 saturated heterocycles. The van der Waals surface area contributed by atoms with E-state index in [2.05, 4.69) is 51.7 Å². The average molecular weight is 742 g/mol. The summed E-state index contributed by atoms with van der Waals surface area (Å²) in [5.74, 6) is -0.312. The van der Waals surface area contributed by atoms with Crippen molar-refractivity contribution in [2.75, 3.05) is 20.8 Å². The Bertz CT molecular complexity index is 1810. The number of rotatable bonds is 19. The number of aliphatic carboxylic acids is 2. The summed E-state index contributed by atoms with van der Waals surface area (Å²) < 4.78 is 24.0. The number of carboxylic acids is 2. The number of nitrogens with one attached hydrogen (secondary N) is 1. The number of aromatic nitrogens is 2. The average Bonchev–Trinajstić information content (AvgIpc) is 3.76. The molecule has 13 nitrogen and oxygen atoms in total. The lowest BCUT2D eigenvalue weighted by molar-refractivity contribution is -0.140. The van der Waals surface area contributed by atoms with Crippen LogP contribution in [0.3, 0.4) is 0 Å². The summed E-state index contributed by atoms with van der Waals surface area (Å²) in [5, 5.41) is 40.6. The van der Waals surface area contributed by atoms with Crippen LogP contribution in [-0.2, 0) is 35.4 Å². The number of carboxylic acid groups (broad SMARTS) is 2. The number of hydrogen-bond acceptors (Lipinski definition) is 11. The molecular weight excluding hydrogens is 694 g/mol. The second-order valence-corrected chi connectivity index (χ2v) is 13.7. The first kappa shape index (κ1) is 38.5. The van der Waals surface area contributed by atoms with E-state index in [0.717, 1.165) is 47.9 Å². The fourth-order valence-corrected chi connectivity index (χ4v) is 7.47. The van der Waals surface area contributed by atoms with Gasteiger partial charge in [0.05, 0.1) is 39.3 Å². The molecule has 4 aromatic rings. The summed E-state index contributed by atoms with van der Waals surface area (Å²) >= 11 is 0. The van der Waals surface area contributed by atoms with Gasteiger partial charge in [0.25, 0.3) is 0 Å². The number of hydrogen-bond donors (Lipinski definition) is 5. The summed E-state index contributed by atoms with van der Waals surface area (Å²) in [4.78, 5) is 30.9. The van der Waals surface area contributed by atoms with E-state index in [1.54, 1.807) is 13.2 Å². The second-order valence-electron chi connectivity index (χ2n) is 13.7. The van der Waals surface area contributed by atoms with E-state index in [4.69, 9.17) is 29.2 Å². The minimum Gasteiger partial charge on any atom is -0.481 e. The molecule has 0 aliphatic heterocycles. The van der Waals surface area contributed by atoms with Crippen LogP contribution < -0.4 is 24.3 Å². The van der Waals surface area contributed by atoms with Crippen LogP contribution in [-0.4, -0.2) is 75.3 Å². The zero-order chi connectivity index (χ0) is 38.2. The molecule has 5 N–H and O–H groups in total. The number of nitrogens with zero attached hydrogens (tertiary/aromatic N) is 2. The Morgan fingerprint density at radius 2 is 1.26 bits per heavy atom. The van der Waals surface area contributed by atoms with Crippen molar-refractivity contribution in [2.45, 2.75) is 88.7 Å². The van der Waals surface area contributed by atoms with E-state index >= 15 is 0 Å². The van der Waals surface area contributed by atoms with Gasteiger partial charge >= 0.3 is 11.9 Å². The maximum atomic E-state index is 10.8. The largest absolute Gasteiger partial charge is 0.481 e. The molecule has 54 heavy (non-hydrogen) atoms. The molecule has 0 unspecified atom stereocenters. The Balaban J connectivity index is 1.12. The highest BCUT2D eigenvalue weighted by Gasteiger charge is 2.31. The quantitative estimate of drug-likeness (QED) is 0.0825. The Hall–Kier alpha value is -5.24. The van der Waals surface area contributed by atoms with Gasteiger partial charge in [-0.15, -0.1) is 0 Å². The van der Waals surface area contributed by atoms with Crippen molar-refractivity contribution in [3.63, 3.8) is 0 Å². The molecule has 2 aliphatic carbocycles. The summed E-state index contributed by atoms with van der Waals surface area (Å²) in [6.07, 6.45) is 2.06. The highest BCUT2D eigenvalue weighted by atomic mass is 16.5. The number of benzene rings is 2. The van der Waals surface area contributed by atoms with Gasteiger partial charge in [-0.05, 0) is 90.5 Å². The van der Waals surface area contributed by atoms with Crippen molar-refractivity contribution < 1.29 is 49.0 Å². The first-order chi connectivity index (χ1) is 26.1. The number of aliphatic hydroxyl groups is 2. The Labute approximate surface area is 313 Å². The summed E-state index contributed by atoms with van der Waals surface area (Å²) in [6.45, 7) is 0.472. The molecule has 0 bridgehead atoms. The van der Waals surface area contributed by atoms with Crippen LogP contribution in [0.1, 0.15) is 84.1 Å². The fourth-order valence-electron chi connectivity index (χ4n) is 7.47. The maximum Gasteiger partial charge on any atom is 0.306 e. The second kappa shape index (κ2) is 17.7. The highest BCUT2D eigenvalue weighted by molar-refractivity contribution is 5.75. The third kappa shape index (κ3) is 9.27. The highest BCUT2D eigenvalue weighted by Crippen LogP contribution is 2.45. The minimum atomic E-state index is -1.06. The molecular formula is C41H47N3O10. The summed E-state index contributed by atoms with van der Waals surface area (Å²) in [7, 11) is 3.10. The van der Waals surface area contributed by atoms with Crippen molar-refractivity contribution in [2.24, 2.45) is 0 Å². The first-order valence-electron chi connectivity index (χ1n) is 18.3. The molecule has 2 aromatic heterocycles. The minimum absolute atomic E-state index is 0.127. The zero-order valence-corrected chi connectivity index (χ0v) is 30.5. The number of aryl methyl sites for hydroxylation is 1. The van der Waals surface area contributed by atoms with E-state index in [9.17, 15) is 19.8 Å². The Kier molecular flexibility index (Phi) is 12.6. The third-order valence-corrected chi connectivity index (χ3v) is 9.96. The number of carbonyl (C=O) groups is 2. The lowest BCUT2D eigenvalue weighted by atomic mass is 9.91. The topological polar surface area (TPSA) is 190 Å². The van der Waals surface area contributed by atoms with Crippen LogP contribution >= 0.6 is 0 Å². The van der Waals surface area contributed by atoms with Gasteiger partial charge in [0, 0.05) is 36.3 Å². The number of fused-ring (bicyclic) bond motifs is 2. The zero-order valence-electron chi connectivity index (χ0n) is 30.5. The van der Waals surface area contributed by atoms with E-state index in [1.165, 1.54) is 29.4 Å². The Morgan fingerprint density at radius 1 is 0.741 bits per heavy atom. The van der Waals surface area contributed by atoms with E-state index in [0.29, 0.717) is 49.3 Å². The van der Waals surface area contributed by atoms with Crippen LogP contribution in [0.25, 0.3) is 11.1 Å². The lowest BCUT2D eigenvalue weighted by Crippen LogP contribution is -2.28. The number of methoxy groups -OCH3 is 2. The van der Waals surface area contributed by atoms with Crippen molar-refractivity contribution in [1.82, 2.24) is 15.3 Å². The molecule has 286 valence electrons. The monoisotopic (exact) mass is 741 g/mol. The maximum absolute atomic E-state index is 10.8. The van der Waals surface area contributed by atoms with Crippen LogP contribution in [0, 0.1) is 0 Å². The fraction of sp³-hybridized carbons (Fsp3) is 0.415. The summed E-state index contributed by atoms with van der Waals surface area (Å²) in [5.41, 5.74) is 8.78. The molecule has 4 atom stereocenters. The van der Waals surface area contributed by atoms with Crippen LogP contribution in [0.2, 0.25) is 0 Å². The number of ether oxygens (including phenoxy) is 4.